The van der Waals surface area contributed by atoms with Crippen molar-refractivity contribution in [2.24, 2.45) is 0 Å². The number of hydrogen-bond donors (Lipinski definition) is 1. The average Bonchev–Trinajstić information content (AvgIpc) is 3.06. The fourth-order valence-corrected chi connectivity index (χ4v) is 2.64. The summed E-state index contributed by atoms with van der Waals surface area (Å²) in [6, 6.07) is 0. The van der Waals surface area contributed by atoms with Gasteiger partial charge in [-0.15, -0.1) is 0 Å². The fraction of sp³-hybridized carbons (Fsp3) is 0.429. The lowest BCUT2D eigenvalue weighted by Crippen LogP contribution is -2.19. The van der Waals surface area contributed by atoms with Crippen molar-refractivity contribution in [1.82, 2.24) is 29.9 Å². The van der Waals surface area contributed by atoms with Crippen molar-refractivity contribution < 1.29 is 0 Å². The minimum Gasteiger partial charge on any atom is -0.354 e. The second kappa shape index (κ2) is 5.16. The second-order valence-electron chi connectivity index (χ2n) is 5.15. The number of H-pyrrole nitrogens is 1. The minimum atomic E-state index is 0.754. The maximum Gasteiger partial charge on any atom is 0.160 e. The zero-order chi connectivity index (χ0) is 15.0. The molecule has 0 atom stereocenters. The third-order valence-electron chi connectivity index (χ3n) is 3.81. The van der Waals surface area contributed by atoms with E-state index in [0.29, 0.717) is 0 Å². The Hall–Kier alpha value is -2.44. The monoisotopic (exact) mass is 285 g/mol. The van der Waals surface area contributed by atoms with E-state index in [2.05, 4.69) is 50.9 Å². The van der Waals surface area contributed by atoms with Gasteiger partial charge in [-0.1, -0.05) is 0 Å². The number of nitrogens with zero attached hydrogens (tertiary/aromatic N) is 6. The standard InChI is InChI=1S/C14H19N7/c1-5-21-10(3)12(9(2)19-21)7-20(4)14-11-6-17-18-13(11)15-8-16-14/h6,8H,5,7H2,1-4H3,(H,15,16,17,18). The van der Waals surface area contributed by atoms with Crippen LogP contribution >= 0.6 is 0 Å². The van der Waals surface area contributed by atoms with Crippen LogP contribution in [0.25, 0.3) is 11.0 Å². The summed E-state index contributed by atoms with van der Waals surface area (Å²) in [4.78, 5) is 10.7. The van der Waals surface area contributed by atoms with Gasteiger partial charge in [-0.3, -0.25) is 9.78 Å². The second-order valence-corrected chi connectivity index (χ2v) is 5.15. The molecule has 0 aliphatic carbocycles. The van der Waals surface area contributed by atoms with Crippen molar-refractivity contribution in [3.63, 3.8) is 0 Å². The Balaban J connectivity index is 1.95. The Morgan fingerprint density at radius 1 is 1.29 bits per heavy atom. The smallest absolute Gasteiger partial charge is 0.160 e. The third kappa shape index (κ3) is 2.24. The topological polar surface area (TPSA) is 75.5 Å². The van der Waals surface area contributed by atoms with Gasteiger partial charge in [-0.2, -0.15) is 10.2 Å². The molecule has 0 spiro atoms. The van der Waals surface area contributed by atoms with Gasteiger partial charge in [0.25, 0.3) is 0 Å². The van der Waals surface area contributed by atoms with E-state index in [1.165, 1.54) is 11.3 Å². The van der Waals surface area contributed by atoms with E-state index >= 15 is 0 Å². The van der Waals surface area contributed by atoms with Gasteiger partial charge in [0.1, 0.15) is 12.1 Å². The Bertz CT molecular complexity index is 771. The number of anilines is 1. The van der Waals surface area contributed by atoms with E-state index < -0.39 is 0 Å². The summed E-state index contributed by atoms with van der Waals surface area (Å²) in [6.45, 7) is 7.91. The predicted molar refractivity (Wildman–Crippen MR) is 81.2 cm³/mol. The summed E-state index contributed by atoms with van der Waals surface area (Å²) in [7, 11) is 2.02. The van der Waals surface area contributed by atoms with E-state index in [1.54, 1.807) is 12.5 Å². The van der Waals surface area contributed by atoms with Crippen molar-refractivity contribution in [1.29, 1.82) is 0 Å². The van der Waals surface area contributed by atoms with E-state index in [0.717, 1.165) is 35.6 Å². The zero-order valence-corrected chi connectivity index (χ0v) is 12.8. The number of aromatic amines is 1. The summed E-state index contributed by atoms with van der Waals surface area (Å²) in [5, 5.41) is 12.4. The first-order chi connectivity index (χ1) is 10.1. The SMILES string of the molecule is CCn1nc(C)c(CN(C)c2ncnc3[nH]ncc23)c1C. The van der Waals surface area contributed by atoms with Crippen LogP contribution in [0.15, 0.2) is 12.5 Å². The van der Waals surface area contributed by atoms with Crippen LogP contribution in [-0.2, 0) is 13.1 Å². The normalized spacial score (nSPS) is 11.2. The van der Waals surface area contributed by atoms with Crippen LogP contribution < -0.4 is 4.90 Å². The van der Waals surface area contributed by atoms with E-state index in [1.807, 2.05) is 11.7 Å². The summed E-state index contributed by atoms with van der Waals surface area (Å²) >= 11 is 0. The molecule has 0 unspecified atom stereocenters. The van der Waals surface area contributed by atoms with Crippen LogP contribution in [0.1, 0.15) is 23.9 Å². The number of fused-ring (bicyclic) bond motifs is 1. The molecule has 0 saturated carbocycles. The van der Waals surface area contributed by atoms with Gasteiger partial charge in [0.05, 0.1) is 17.3 Å². The van der Waals surface area contributed by atoms with Crippen LogP contribution in [0.5, 0.6) is 0 Å². The Morgan fingerprint density at radius 2 is 2.10 bits per heavy atom. The number of hydrogen-bond acceptors (Lipinski definition) is 5. The van der Waals surface area contributed by atoms with Crippen molar-refractivity contribution in [2.45, 2.75) is 33.9 Å². The molecule has 3 heterocycles. The molecule has 0 bridgehead atoms. The summed E-state index contributed by atoms with van der Waals surface area (Å²) in [5.41, 5.74) is 4.28. The molecule has 1 N–H and O–H groups in total. The molecule has 3 rings (SSSR count). The largest absolute Gasteiger partial charge is 0.354 e. The quantitative estimate of drug-likeness (QED) is 0.791. The summed E-state index contributed by atoms with van der Waals surface area (Å²) in [6.07, 6.45) is 3.32. The highest BCUT2D eigenvalue weighted by Crippen LogP contribution is 2.23. The van der Waals surface area contributed by atoms with E-state index in [4.69, 9.17) is 0 Å². The molecule has 0 radical (unpaired) electrons. The van der Waals surface area contributed by atoms with Gasteiger partial charge in [0, 0.05) is 31.4 Å². The molecule has 0 aliphatic heterocycles. The third-order valence-corrected chi connectivity index (χ3v) is 3.81. The highest BCUT2D eigenvalue weighted by molar-refractivity contribution is 5.85. The predicted octanol–water partition coefficient (Wildman–Crippen LogP) is 1.82. The van der Waals surface area contributed by atoms with Crippen LogP contribution in [0.2, 0.25) is 0 Å². The number of rotatable bonds is 4. The molecular weight excluding hydrogens is 266 g/mol. The zero-order valence-electron chi connectivity index (χ0n) is 12.8. The number of nitrogens with one attached hydrogen (secondary N) is 1. The average molecular weight is 285 g/mol. The van der Waals surface area contributed by atoms with Crippen molar-refractivity contribution in [2.75, 3.05) is 11.9 Å². The minimum absolute atomic E-state index is 0.754. The van der Waals surface area contributed by atoms with Crippen LogP contribution in [0.4, 0.5) is 5.82 Å². The first kappa shape index (κ1) is 13.5. The van der Waals surface area contributed by atoms with Gasteiger partial charge in [-0.25, -0.2) is 9.97 Å². The summed E-state index contributed by atoms with van der Waals surface area (Å²) < 4.78 is 2.03. The van der Waals surface area contributed by atoms with Crippen molar-refractivity contribution in [3.05, 3.63) is 29.5 Å². The Morgan fingerprint density at radius 3 is 2.81 bits per heavy atom. The molecule has 0 aromatic carbocycles. The molecule has 7 nitrogen and oxygen atoms in total. The lowest BCUT2D eigenvalue weighted by molar-refractivity contribution is 0.633. The highest BCUT2D eigenvalue weighted by atomic mass is 15.3. The molecule has 0 aliphatic rings. The lowest BCUT2D eigenvalue weighted by Gasteiger charge is -2.18. The van der Waals surface area contributed by atoms with E-state index in [-0.39, 0.29) is 0 Å². The molecular formula is C14H19N7. The van der Waals surface area contributed by atoms with Gasteiger partial charge >= 0.3 is 0 Å². The number of aromatic nitrogens is 6. The Kier molecular flexibility index (Phi) is 3.32. The van der Waals surface area contributed by atoms with E-state index in [9.17, 15) is 0 Å². The highest BCUT2D eigenvalue weighted by Gasteiger charge is 2.15. The molecule has 110 valence electrons. The van der Waals surface area contributed by atoms with Crippen LogP contribution in [-0.4, -0.2) is 37.0 Å². The maximum absolute atomic E-state index is 4.57. The van der Waals surface area contributed by atoms with Crippen molar-refractivity contribution >= 4 is 16.9 Å². The Labute approximate surface area is 123 Å². The molecule has 21 heavy (non-hydrogen) atoms. The van der Waals surface area contributed by atoms with Crippen molar-refractivity contribution in [3.8, 4) is 0 Å². The maximum atomic E-state index is 4.57. The molecule has 0 amide bonds. The summed E-state index contributed by atoms with van der Waals surface area (Å²) in [5.74, 6) is 0.872. The lowest BCUT2D eigenvalue weighted by atomic mass is 10.2. The van der Waals surface area contributed by atoms with Gasteiger partial charge in [0.15, 0.2) is 5.65 Å². The number of aryl methyl sites for hydroxylation is 2. The molecule has 3 aromatic rings. The van der Waals surface area contributed by atoms with Crippen LogP contribution in [0, 0.1) is 13.8 Å². The molecule has 0 fully saturated rings. The molecule has 3 aromatic heterocycles. The van der Waals surface area contributed by atoms with Crippen LogP contribution in [0.3, 0.4) is 0 Å². The molecule has 7 heteroatoms. The molecule has 0 saturated heterocycles. The first-order valence-corrected chi connectivity index (χ1v) is 7.00. The van der Waals surface area contributed by atoms with Gasteiger partial charge < -0.3 is 4.90 Å². The van der Waals surface area contributed by atoms with Gasteiger partial charge in [-0.05, 0) is 20.8 Å². The first-order valence-electron chi connectivity index (χ1n) is 7.00. The van der Waals surface area contributed by atoms with Gasteiger partial charge in [0.2, 0.25) is 0 Å². The fourth-order valence-electron chi connectivity index (χ4n) is 2.64.